The average molecular weight is 433 g/mol. The molecule has 0 aromatic carbocycles. The Morgan fingerprint density at radius 3 is 2.78 bits per heavy atom. The van der Waals surface area contributed by atoms with Crippen LogP contribution in [-0.2, 0) is 35.7 Å². The standard InChI is InChI=1S/C15H16N2O7S3/c1-8(18)24-6-9-7-26-14-12(13(20)17(14)15(9)27(21,22)23)16-11(19)5-10-3-2-4-25-10/h2-4,12,14H,5-7H2,1H3,(H,16,19)(H,21,22,23)/t12?,14-/m0/s1. The highest BCUT2D eigenvalue weighted by molar-refractivity contribution is 8.00. The molecule has 27 heavy (non-hydrogen) atoms. The fourth-order valence-corrected chi connectivity index (χ4v) is 5.93. The highest BCUT2D eigenvalue weighted by Gasteiger charge is 2.55. The number of amides is 2. The minimum Gasteiger partial charge on any atom is -0.461 e. The predicted molar refractivity (Wildman–Crippen MR) is 98.3 cm³/mol. The van der Waals surface area contributed by atoms with Crippen LogP contribution in [0.5, 0.6) is 0 Å². The number of carbonyl (C=O) groups is 3. The number of esters is 1. The van der Waals surface area contributed by atoms with E-state index >= 15 is 0 Å². The van der Waals surface area contributed by atoms with E-state index in [1.54, 1.807) is 6.07 Å². The van der Waals surface area contributed by atoms with E-state index in [-0.39, 0.29) is 30.3 Å². The number of hydrogen-bond acceptors (Lipinski definition) is 8. The fraction of sp³-hybridized carbons (Fsp3) is 0.400. The second kappa shape index (κ2) is 7.62. The van der Waals surface area contributed by atoms with E-state index in [1.165, 1.54) is 30.0 Å². The summed E-state index contributed by atoms with van der Waals surface area (Å²) in [6.45, 7) is 0.823. The monoisotopic (exact) mass is 432 g/mol. The van der Waals surface area contributed by atoms with Crippen molar-refractivity contribution in [1.82, 2.24) is 10.2 Å². The summed E-state index contributed by atoms with van der Waals surface area (Å²) in [5, 5.41) is 3.23. The first-order chi connectivity index (χ1) is 12.7. The number of nitrogens with zero attached hydrogens (tertiary/aromatic N) is 1. The van der Waals surface area contributed by atoms with E-state index in [4.69, 9.17) is 4.74 Å². The molecule has 3 rings (SSSR count). The van der Waals surface area contributed by atoms with Gasteiger partial charge in [0.1, 0.15) is 18.0 Å². The molecule has 2 N–H and O–H groups in total. The molecule has 2 atom stereocenters. The molecule has 9 nitrogen and oxygen atoms in total. The first-order valence-electron chi connectivity index (χ1n) is 7.78. The van der Waals surface area contributed by atoms with Gasteiger partial charge in [-0.3, -0.25) is 23.8 Å². The van der Waals surface area contributed by atoms with Crippen LogP contribution in [0.15, 0.2) is 28.1 Å². The molecule has 1 aromatic heterocycles. The van der Waals surface area contributed by atoms with Crippen molar-refractivity contribution >= 4 is 51.0 Å². The van der Waals surface area contributed by atoms with E-state index < -0.39 is 38.4 Å². The Hall–Kier alpha value is -1.89. The number of β-lactam (4-membered cyclic amide) rings is 1. The third kappa shape index (κ3) is 4.18. The summed E-state index contributed by atoms with van der Waals surface area (Å²) in [7, 11) is -4.71. The van der Waals surface area contributed by atoms with Crippen molar-refractivity contribution in [2.45, 2.75) is 24.8 Å². The van der Waals surface area contributed by atoms with Gasteiger partial charge < -0.3 is 10.1 Å². The van der Waals surface area contributed by atoms with Crippen molar-refractivity contribution in [3.05, 3.63) is 33.0 Å². The number of hydrogen-bond donors (Lipinski definition) is 2. The molecule has 0 saturated carbocycles. The maximum absolute atomic E-state index is 12.5. The normalized spacial score (nSPS) is 22.1. The summed E-state index contributed by atoms with van der Waals surface area (Å²) < 4.78 is 37.9. The van der Waals surface area contributed by atoms with E-state index in [0.29, 0.717) is 0 Å². The van der Waals surface area contributed by atoms with Crippen molar-refractivity contribution < 1.29 is 32.1 Å². The number of thiophene rings is 1. The Balaban J connectivity index is 1.75. The number of fused-ring (bicyclic) bond motifs is 1. The molecular weight excluding hydrogens is 416 g/mol. The smallest absolute Gasteiger partial charge is 0.310 e. The molecule has 12 heteroatoms. The molecule has 1 aromatic rings. The Morgan fingerprint density at radius 1 is 1.44 bits per heavy atom. The molecule has 0 bridgehead atoms. The van der Waals surface area contributed by atoms with Crippen LogP contribution in [0.3, 0.4) is 0 Å². The highest BCUT2D eigenvalue weighted by atomic mass is 32.2. The van der Waals surface area contributed by atoms with Gasteiger partial charge in [0.2, 0.25) is 5.91 Å². The van der Waals surface area contributed by atoms with Gasteiger partial charge in [0.25, 0.3) is 5.91 Å². The minimum absolute atomic E-state index is 0.116. The van der Waals surface area contributed by atoms with Crippen molar-refractivity contribution in [2.24, 2.45) is 0 Å². The van der Waals surface area contributed by atoms with Crippen molar-refractivity contribution in [3.8, 4) is 0 Å². The molecule has 1 unspecified atom stereocenters. The molecule has 2 aliphatic heterocycles. The molecule has 1 fully saturated rings. The summed E-state index contributed by atoms with van der Waals surface area (Å²) in [6.07, 6.45) is 0.123. The Bertz CT molecular complexity index is 908. The first-order valence-corrected chi connectivity index (χ1v) is 11.1. The number of rotatable bonds is 6. The van der Waals surface area contributed by atoms with E-state index in [0.717, 1.165) is 9.78 Å². The second-order valence-electron chi connectivity index (χ2n) is 5.88. The lowest BCUT2D eigenvalue weighted by Gasteiger charge is -2.49. The van der Waals surface area contributed by atoms with Gasteiger partial charge in [-0.05, 0) is 11.4 Å². The lowest BCUT2D eigenvalue weighted by Crippen LogP contribution is -2.70. The topological polar surface area (TPSA) is 130 Å². The van der Waals surface area contributed by atoms with Crippen LogP contribution in [-0.4, -0.2) is 59.4 Å². The summed E-state index contributed by atoms with van der Waals surface area (Å²) in [4.78, 5) is 37.3. The molecule has 0 spiro atoms. The third-order valence-corrected chi connectivity index (χ3v) is 7.11. The Morgan fingerprint density at radius 2 is 2.19 bits per heavy atom. The first kappa shape index (κ1) is 19.9. The van der Waals surface area contributed by atoms with Crippen LogP contribution in [0, 0.1) is 0 Å². The Labute approximate surface area is 163 Å². The van der Waals surface area contributed by atoms with Crippen LogP contribution < -0.4 is 5.32 Å². The summed E-state index contributed by atoms with van der Waals surface area (Å²) >= 11 is 2.64. The average Bonchev–Trinajstić information content (AvgIpc) is 3.08. The molecular formula is C15H16N2O7S3. The van der Waals surface area contributed by atoms with Gasteiger partial charge in [0, 0.05) is 23.1 Å². The van der Waals surface area contributed by atoms with Gasteiger partial charge in [-0.2, -0.15) is 8.42 Å². The van der Waals surface area contributed by atoms with Gasteiger partial charge in [-0.1, -0.05) is 6.07 Å². The maximum atomic E-state index is 12.5. The molecule has 0 aliphatic carbocycles. The third-order valence-electron chi connectivity index (χ3n) is 3.92. The van der Waals surface area contributed by atoms with Crippen molar-refractivity contribution in [3.63, 3.8) is 0 Å². The molecule has 2 aliphatic rings. The van der Waals surface area contributed by atoms with Crippen LogP contribution >= 0.6 is 23.1 Å². The molecule has 1 saturated heterocycles. The zero-order valence-electron chi connectivity index (χ0n) is 14.1. The SMILES string of the molecule is CC(=O)OCC1=C(S(=O)(=O)O)N2C(=O)C(NC(=O)Cc3cccs3)[C@@H]2SC1. The van der Waals surface area contributed by atoms with Crippen LogP contribution in [0.1, 0.15) is 11.8 Å². The molecule has 2 amide bonds. The second-order valence-corrected chi connectivity index (χ2v) is 9.35. The summed E-state index contributed by atoms with van der Waals surface area (Å²) in [5.74, 6) is -1.47. The lowest BCUT2D eigenvalue weighted by atomic mass is 10.1. The lowest BCUT2D eigenvalue weighted by molar-refractivity contribution is -0.145. The van der Waals surface area contributed by atoms with Crippen molar-refractivity contribution in [2.75, 3.05) is 12.4 Å². The number of ether oxygens (including phenoxy) is 1. The number of carbonyl (C=O) groups excluding carboxylic acids is 3. The molecule has 146 valence electrons. The largest absolute Gasteiger partial charge is 0.461 e. The van der Waals surface area contributed by atoms with Gasteiger partial charge >= 0.3 is 16.1 Å². The van der Waals surface area contributed by atoms with Crippen LogP contribution in [0.25, 0.3) is 0 Å². The predicted octanol–water partition coefficient (Wildman–Crippen LogP) is 0.353. The fourth-order valence-electron chi connectivity index (χ4n) is 2.80. The minimum atomic E-state index is -4.71. The number of thioether (sulfide) groups is 1. The zero-order valence-corrected chi connectivity index (χ0v) is 16.5. The Kier molecular flexibility index (Phi) is 5.60. The summed E-state index contributed by atoms with van der Waals surface area (Å²) in [6, 6.07) is 2.73. The molecule has 3 heterocycles. The van der Waals surface area contributed by atoms with Crippen LogP contribution in [0.2, 0.25) is 0 Å². The van der Waals surface area contributed by atoms with E-state index in [9.17, 15) is 27.4 Å². The highest BCUT2D eigenvalue weighted by Crippen LogP contribution is 2.41. The zero-order chi connectivity index (χ0) is 19.8. The maximum Gasteiger partial charge on any atom is 0.310 e. The van der Waals surface area contributed by atoms with Gasteiger partial charge in [-0.15, -0.1) is 23.1 Å². The van der Waals surface area contributed by atoms with E-state index in [1.807, 2.05) is 11.4 Å². The quantitative estimate of drug-likeness (QED) is 0.374. The molecule has 0 radical (unpaired) electrons. The van der Waals surface area contributed by atoms with Gasteiger partial charge in [0.15, 0.2) is 5.03 Å². The van der Waals surface area contributed by atoms with Crippen molar-refractivity contribution in [1.29, 1.82) is 0 Å². The number of nitrogens with one attached hydrogen (secondary N) is 1. The van der Waals surface area contributed by atoms with E-state index in [2.05, 4.69) is 5.32 Å². The van der Waals surface area contributed by atoms with Crippen LogP contribution in [0.4, 0.5) is 0 Å². The van der Waals surface area contributed by atoms with Gasteiger partial charge in [-0.25, -0.2) is 0 Å². The summed E-state index contributed by atoms with van der Waals surface area (Å²) in [5.41, 5.74) is 0.116. The van der Waals surface area contributed by atoms with Gasteiger partial charge in [0.05, 0.1) is 6.42 Å².